The van der Waals surface area contributed by atoms with E-state index in [1.165, 1.54) is 20.8 Å². The molecule has 0 aliphatic rings. The fourth-order valence-corrected chi connectivity index (χ4v) is 2.97. The third-order valence-electron chi connectivity index (χ3n) is 3.66. The highest BCUT2D eigenvalue weighted by molar-refractivity contribution is 8.01. The molecule has 0 spiro atoms. The number of aliphatic hydroxyl groups excluding tert-OH is 1. The molecule has 1 aromatic heterocycles. The van der Waals surface area contributed by atoms with E-state index >= 15 is 0 Å². The third-order valence-corrected chi connectivity index (χ3v) is 4.85. The van der Waals surface area contributed by atoms with E-state index in [1.807, 2.05) is 0 Å². The fourth-order valence-electron chi connectivity index (χ4n) is 2.02. The predicted molar refractivity (Wildman–Crippen MR) is 101 cm³/mol. The number of rotatable bonds is 11. The number of carbonyl (C=O) groups excluding carboxylic acids is 2. The van der Waals surface area contributed by atoms with Crippen molar-refractivity contribution >= 4 is 29.8 Å². The van der Waals surface area contributed by atoms with Crippen molar-refractivity contribution in [3.05, 3.63) is 22.1 Å². The minimum absolute atomic E-state index is 0.0740. The Morgan fingerprint density at radius 3 is 2.33 bits per heavy atom. The molecule has 0 aromatic carbocycles. The Labute approximate surface area is 175 Å². The Hall–Kier alpha value is -2.51. The van der Waals surface area contributed by atoms with E-state index in [0.717, 1.165) is 0 Å². The minimum atomic E-state index is -1.52. The number of ether oxygens (including phenoxy) is 3. The summed E-state index contributed by atoms with van der Waals surface area (Å²) in [4.78, 5) is 45.8. The molecule has 170 valence electrons. The van der Waals surface area contributed by atoms with Crippen LogP contribution in [0.4, 0.5) is 4.79 Å². The maximum atomic E-state index is 11.8. The molecule has 0 fully saturated rings. The van der Waals surface area contributed by atoms with Crippen LogP contribution in [0.1, 0.15) is 39.2 Å². The van der Waals surface area contributed by atoms with Gasteiger partial charge in [-0.2, -0.15) is 0 Å². The molecule has 0 bridgehead atoms. The second-order valence-corrected chi connectivity index (χ2v) is 8.55. The lowest BCUT2D eigenvalue weighted by Gasteiger charge is -2.32. The lowest BCUT2D eigenvalue weighted by Crippen LogP contribution is -2.53. The lowest BCUT2D eigenvalue weighted by atomic mass is 10.0. The van der Waals surface area contributed by atoms with Gasteiger partial charge in [-0.25, -0.2) is 14.4 Å². The standard InChI is InChI=1S/C17H25NO11S/c1-8(2)13(21)26-7-27-14(22)18-11(12(19)20)17(4,5)30-16(24)25-6-10-9(3)28-15(23)29-10/h8,11,16,24H,6-7H2,1-5H3,(H,18,22)(H,19,20)/t11-,16?/m0/s1. The zero-order valence-corrected chi connectivity index (χ0v) is 17.9. The van der Waals surface area contributed by atoms with Crippen LogP contribution in [-0.4, -0.2) is 51.4 Å². The van der Waals surface area contributed by atoms with E-state index in [1.54, 1.807) is 13.8 Å². The molecule has 0 saturated heterocycles. The Morgan fingerprint density at radius 2 is 1.83 bits per heavy atom. The van der Waals surface area contributed by atoms with Gasteiger partial charge in [-0.1, -0.05) is 25.6 Å². The number of hydrogen-bond donors (Lipinski definition) is 3. The number of thioether (sulfide) groups is 1. The molecule has 0 aliphatic carbocycles. The van der Waals surface area contributed by atoms with Gasteiger partial charge >= 0.3 is 23.9 Å². The van der Waals surface area contributed by atoms with E-state index in [4.69, 9.17) is 9.15 Å². The van der Waals surface area contributed by atoms with Crippen molar-refractivity contribution in [1.29, 1.82) is 0 Å². The van der Waals surface area contributed by atoms with Crippen LogP contribution in [0.2, 0.25) is 0 Å². The van der Waals surface area contributed by atoms with Crippen LogP contribution < -0.4 is 11.1 Å². The molecule has 1 aromatic rings. The second kappa shape index (κ2) is 11.0. The number of aliphatic carboxylic acids is 1. The molecule has 0 radical (unpaired) electrons. The molecule has 1 heterocycles. The first kappa shape index (κ1) is 25.5. The SMILES string of the molecule is Cc1oc(=O)oc1COC(O)SC(C)(C)[C@@H](NC(=O)OCOC(=O)C(C)C)C(=O)O. The number of alkyl carbamates (subject to hydrolysis) is 1. The number of carboxylic acid groups (broad SMARTS) is 1. The second-order valence-electron chi connectivity index (χ2n) is 6.86. The number of esters is 1. The highest BCUT2D eigenvalue weighted by atomic mass is 32.2. The van der Waals surface area contributed by atoms with Gasteiger partial charge in [0, 0.05) is 4.75 Å². The van der Waals surface area contributed by atoms with Crippen LogP contribution in [0.15, 0.2) is 13.6 Å². The van der Waals surface area contributed by atoms with Crippen molar-refractivity contribution in [2.24, 2.45) is 5.92 Å². The van der Waals surface area contributed by atoms with Gasteiger partial charge in [0.15, 0.2) is 5.76 Å². The number of carboxylic acids is 1. The van der Waals surface area contributed by atoms with Gasteiger partial charge in [0.2, 0.25) is 12.4 Å². The van der Waals surface area contributed by atoms with E-state index in [2.05, 4.69) is 19.2 Å². The summed E-state index contributed by atoms with van der Waals surface area (Å²) in [5, 5.41) is 21.6. The van der Waals surface area contributed by atoms with Crippen LogP contribution in [0.3, 0.4) is 0 Å². The van der Waals surface area contributed by atoms with Crippen molar-refractivity contribution in [3.63, 3.8) is 0 Å². The maximum absolute atomic E-state index is 11.8. The van der Waals surface area contributed by atoms with Crippen molar-refractivity contribution in [1.82, 2.24) is 5.32 Å². The Morgan fingerprint density at radius 1 is 1.20 bits per heavy atom. The summed E-state index contributed by atoms with van der Waals surface area (Å²) in [6.07, 6.45) is -1.13. The first-order valence-corrected chi connectivity index (χ1v) is 9.61. The number of hydrogen-bond acceptors (Lipinski definition) is 11. The van der Waals surface area contributed by atoms with E-state index in [9.17, 15) is 29.4 Å². The smallest absolute Gasteiger partial charge is 0.480 e. The third kappa shape index (κ3) is 8.08. The number of carbonyl (C=O) groups is 3. The molecule has 2 atom stereocenters. The minimum Gasteiger partial charge on any atom is -0.480 e. The van der Waals surface area contributed by atoms with E-state index in [-0.39, 0.29) is 18.1 Å². The number of aryl methyl sites for hydroxylation is 1. The fraction of sp³-hybridized carbons (Fsp3) is 0.647. The van der Waals surface area contributed by atoms with Crippen molar-refractivity contribution in [2.75, 3.05) is 6.79 Å². The molecular weight excluding hydrogens is 426 g/mol. The molecule has 12 nitrogen and oxygen atoms in total. The molecule has 13 heteroatoms. The van der Waals surface area contributed by atoms with Crippen molar-refractivity contribution in [3.8, 4) is 0 Å². The quantitative estimate of drug-likeness (QED) is 0.324. The largest absolute Gasteiger partial charge is 0.519 e. The van der Waals surface area contributed by atoms with Gasteiger partial charge in [0.1, 0.15) is 18.4 Å². The molecule has 30 heavy (non-hydrogen) atoms. The van der Waals surface area contributed by atoms with E-state index < -0.39 is 53.0 Å². The van der Waals surface area contributed by atoms with Crippen LogP contribution in [0.25, 0.3) is 0 Å². The molecule has 1 unspecified atom stereocenters. The van der Waals surface area contributed by atoms with E-state index in [0.29, 0.717) is 11.8 Å². The normalized spacial score (nSPS) is 13.6. The topological polar surface area (TPSA) is 175 Å². The van der Waals surface area contributed by atoms with Crippen molar-refractivity contribution < 1.29 is 47.6 Å². The Balaban J connectivity index is 2.62. The average Bonchev–Trinajstić information content (AvgIpc) is 2.94. The summed E-state index contributed by atoms with van der Waals surface area (Å²) in [7, 11) is 0. The number of amides is 1. The monoisotopic (exact) mass is 451 g/mol. The summed E-state index contributed by atoms with van der Waals surface area (Å²) >= 11 is 0.691. The summed E-state index contributed by atoms with van der Waals surface area (Å²) in [5.74, 6) is -3.06. The lowest BCUT2D eigenvalue weighted by molar-refractivity contribution is -0.156. The van der Waals surface area contributed by atoms with Gasteiger partial charge in [-0.3, -0.25) is 4.79 Å². The molecule has 1 rings (SSSR count). The van der Waals surface area contributed by atoms with Crippen molar-refractivity contribution in [2.45, 2.75) is 57.6 Å². The molecular formula is C17H25NO11S. The van der Waals surface area contributed by atoms with Crippen LogP contribution in [0.5, 0.6) is 0 Å². The number of nitrogens with one attached hydrogen (secondary N) is 1. The summed E-state index contributed by atoms with van der Waals surface area (Å²) in [6.45, 7) is 6.59. The van der Waals surface area contributed by atoms with Gasteiger partial charge < -0.3 is 38.6 Å². The molecule has 0 aliphatic heterocycles. The zero-order valence-electron chi connectivity index (χ0n) is 17.1. The highest BCUT2D eigenvalue weighted by Gasteiger charge is 2.39. The Bertz CT molecular complexity index is 798. The Kier molecular flexibility index (Phi) is 9.39. The summed E-state index contributed by atoms with van der Waals surface area (Å²) < 4.78 is 22.6. The van der Waals surface area contributed by atoms with Gasteiger partial charge in [0.05, 0.1) is 5.92 Å². The first-order valence-electron chi connectivity index (χ1n) is 8.73. The summed E-state index contributed by atoms with van der Waals surface area (Å²) in [5.41, 5.74) is -1.52. The molecule has 0 saturated carbocycles. The maximum Gasteiger partial charge on any atom is 0.519 e. The zero-order chi connectivity index (χ0) is 23.1. The van der Waals surface area contributed by atoms with Gasteiger partial charge in [-0.05, 0) is 20.8 Å². The first-order chi connectivity index (χ1) is 13.8. The van der Waals surface area contributed by atoms with Crippen LogP contribution in [-0.2, 0) is 30.4 Å². The summed E-state index contributed by atoms with van der Waals surface area (Å²) in [6, 6.07) is -1.50. The number of aliphatic hydroxyl groups is 1. The average molecular weight is 451 g/mol. The van der Waals surface area contributed by atoms with Gasteiger partial charge in [-0.15, -0.1) is 0 Å². The predicted octanol–water partition coefficient (Wildman–Crippen LogP) is 1.18. The molecule has 1 amide bonds. The highest BCUT2D eigenvalue weighted by Crippen LogP contribution is 2.32. The van der Waals surface area contributed by atoms with Gasteiger partial charge in [0.25, 0.3) is 0 Å². The molecule has 3 N–H and O–H groups in total. The van der Waals surface area contributed by atoms with Crippen LogP contribution >= 0.6 is 11.8 Å². The van der Waals surface area contributed by atoms with Crippen LogP contribution in [0, 0.1) is 12.8 Å².